The van der Waals surface area contributed by atoms with Crippen molar-refractivity contribution in [2.24, 2.45) is 18.9 Å². The summed E-state index contributed by atoms with van der Waals surface area (Å²) in [6.07, 6.45) is 10.3. The molecule has 3 aliphatic heterocycles. The molecule has 4 nitrogen and oxygen atoms in total. The van der Waals surface area contributed by atoms with Crippen LogP contribution < -0.4 is 0 Å². The molecule has 3 fully saturated rings. The summed E-state index contributed by atoms with van der Waals surface area (Å²) in [6, 6.07) is 11.5. The number of hydrogen-bond acceptors (Lipinski definition) is 2. The predicted octanol–water partition coefficient (Wildman–Crippen LogP) is 4.21. The summed E-state index contributed by atoms with van der Waals surface area (Å²) in [4.78, 5) is 18.7. The van der Waals surface area contributed by atoms with E-state index in [4.69, 9.17) is 0 Å². The molecule has 0 spiro atoms. The Labute approximate surface area is 173 Å². The first kappa shape index (κ1) is 17.8. The van der Waals surface area contributed by atoms with Crippen molar-refractivity contribution in [3.63, 3.8) is 0 Å². The van der Waals surface area contributed by atoms with E-state index in [-0.39, 0.29) is 5.91 Å². The quantitative estimate of drug-likeness (QED) is 0.684. The molecule has 4 aliphatic rings. The van der Waals surface area contributed by atoms with E-state index < -0.39 is 0 Å². The van der Waals surface area contributed by atoms with Crippen LogP contribution in [-0.4, -0.2) is 52.0 Å². The van der Waals surface area contributed by atoms with Crippen LogP contribution in [0.3, 0.4) is 0 Å². The third-order valence-corrected chi connectivity index (χ3v) is 8.09. The van der Waals surface area contributed by atoms with Crippen LogP contribution in [0.2, 0.25) is 0 Å². The van der Waals surface area contributed by atoms with E-state index >= 15 is 0 Å². The largest absolute Gasteiger partial charge is 0.340 e. The summed E-state index contributed by atoms with van der Waals surface area (Å²) in [5.41, 5.74) is 3.54. The van der Waals surface area contributed by atoms with E-state index in [1.807, 2.05) is 7.05 Å². The number of piperidine rings is 3. The third kappa shape index (κ3) is 2.72. The topological polar surface area (TPSA) is 28.5 Å². The Hall–Kier alpha value is -2.07. The van der Waals surface area contributed by atoms with Crippen LogP contribution in [0.25, 0.3) is 10.9 Å². The number of hydrogen-bond donors (Lipinski definition) is 0. The molecular weight excluding hydrogens is 358 g/mol. The molecule has 152 valence electrons. The average molecular weight is 390 g/mol. The Morgan fingerprint density at radius 3 is 2.90 bits per heavy atom. The second-order valence-corrected chi connectivity index (χ2v) is 9.65. The molecule has 29 heavy (non-hydrogen) atoms. The Morgan fingerprint density at radius 2 is 2.00 bits per heavy atom. The van der Waals surface area contributed by atoms with Crippen molar-refractivity contribution in [2.75, 3.05) is 19.6 Å². The summed E-state index contributed by atoms with van der Waals surface area (Å²) >= 11 is 0. The highest BCUT2D eigenvalue weighted by Gasteiger charge is 2.47. The van der Waals surface area contributed by atoms with Gasteiger partial charge in [0.2, 0.25) is 0 Å². The lowest BCUT2D eigenvalue weighted by Crippen LogP contribution is -2.60. The molecule has 1 aromatic heterocycles. The van der Waals surface area contributed by atoms with E-state index in [9.17, 15) is 4.79 Å². The highest BCUT2D eigenvalue weighted by Crippen LogP contribution is 2.45. The van der Waals surface area contributed by atoms with Crippen molar-refractivity contribution in [1.82, 2.24) is 14.4 Å². The maximum atomic E-state index is 13.8. The monoisotopic (exact) mass is 389 g/mol. The van der Waals surface area contributed by atoms with Gasteiger partial charge in [-0.2, -0.15) is 0 Å². The number of aryl methyl sites for hydroxylation is 1. The van der Waals surface area contributed by atoms with Crippen molar-refractivity contribution in [3.05, 3.63) is 47.7 Å². The fraction of sp³-hybridized carbons (Fsp3) is 0.560. The number of aromatic nitrogens is 1. The van der Waals surface area contributed by atoms with E-state index in [0.29, 0.717) is 17.9 Å². The van der Waals surface area contributed by atoms with Gasteiger partial charge in [0.15, 0.2) is 0 Å². The van der Waals surface area contributed by atoms with E-state index in [2.05, 4.69) is 50.8 Å². The van der Waals surface area contributed by atoms with Crippen LogP contribution in [-0.2, 0) is 7.05 Å². The number of carbonyl (C=O) groups excluding carboxylic acids is 1. The second-order valence-electron chi connectivity index (χ2n) is 9.65. The van der Waals surface area contributed by atoms with Gasteiger partial charge in [-0.3, -0.25) is 9.69 Å². The first-order chi connectivity index (χ1) is 14.2. The first-order valence-electron chi connectivity index (χ1n) is 11.5. The number of nitrogens with zero attached hydrogens (tertiary/aromatic N) is 3. The van der Waals surface area contributed by atoms with Gasteiger partial charge in [-0.15, -0.1) is 0 Å². The molecule has 3 saturated heterocycles. The molecular formula is C25H31N3O. The van der Waals surface area contributed by atoms with Crippen molar-refractivity contribution in [2.45, 2.75) is 50.6 Å². The van der Waals surface area contributed by atoms with Gasteiger partial charge < -0.3 is 9.47 Å². The van der Waals surface area contributed by atoms with E-state index in [0.717, 1.165) is 35.6 Å². The van der Waals surface area contributed by atoms with Gasteiger partial charge in [0.25, 0.3) is 5.91 Å². The van der Waals surface area contributed by atoms with Crippen molar-refractivity contribution in [3.8, 4) is 0 Å². The molecule has 4 heterocycles. The molecule has 0 unspecified atom stereocenters. The van der Waals surface area contributed by atoms with Crippen LogP contribution in [0.1, 0.15) is 49.0 Å². The van der Waals surface area contributed by atoms with Crippen molar-refractivity contribution < 1.29 is 4.79 Å². The number of para-hydroxylation sites is 1. The average Bonchev–Trinajstić information content (AvgIpc) is 3.10. The lowest BCUT2D eigenvalue weighted by atomic mass is 9.68. The normalized spacial score (nSPS) is 31.9. The van der Waals surface area contributed by atoms with Crippen LogP contribution in [0, 0.1) is 11.8 Å². The minimum absolute atomic E-state index is 0.221. The SMILES string of the molecule is Cn1c(C(=O)N2CCCC3=C[C@H]4C[C@H](CN5CCCC[C@H]45)[C@@H]32)cc2ccccc21. The van der Waals surface area contributed by atoms with Crippen LogP contribution in [0.4, 0.5) is 0 Å². The summed E-state index contributed by atoms with van der Waals surface area (Å²) in [5, 5.41) is 1.16. The lowest BCUT2D eigenvalue weighted by Gasteiger charge is -2.54. The molecule has 1 aromatic carbocycles. The maximum absolute atomic E-state index is 13.8. The summed E-state index contributed by atoms with van der Waals surface area (Å²) in [5.74, 6) is 1.54. The maximum Gasteiger partial charge on any atom is 0.271 e. The number of fused-ring (bicyclic) bond motifs is 7. The zero-order chi connectivity index (χ0) is 19.5. The Morgan fingerprint density at radius 1 is 1.10 bits per heavy atom. The molecule has 0 saturated carbocycles. The molecule has 0 N–H and O–H groups in total. The fourth-order valence-electron chi connectivity index (χ4n) is 6.84. The molecule has 2 bridgehead atoms. The number of amides is 1. The molecule has 4 heteroatoms. The zero-order valence-corrected chi connectivity index (χ0v) is 17.4. The Kier molecular flexibility index (Phi) is 4.12. The third-order valence-electron chi connectivity index (χ3n) is 8.09. The second kappa shape index (κ2) is 6.73. The molecule has 0 radical (unpaired) electrons. The van der Waals surface area contributed by atoms with E-state index in [1.54, 1.807) is 5.57 Å². The number of rotatable bonds is 1. The summed E-state index contributed by atoms with van der Waals surface area (Å²) < 4.78 is 2.09. The van der Waals surface area contributed by atoms with Crippen LogP contribution in [0.5, 0.6) is 0 Å². The van der Waals surface area contributed by atoms with Gasteiger partial charge in [0.05, 0.1) is 6.04 Å². The molecule has 1 aliphatic carbocycles. The lowest BCUT2D eigenvalue weighted by molar-refractivity contribution is 0.00123. The molecule has 1 amide bonds. The predicted molar refractivity (Wildman–Crippen MR) is 116 cm³/mol. The molecule has 6 rings (SSSR count). The minimum Gasteiger partial charge on any atom is -0.340 e. The van der Waals surface area contributed by atoms with Crippen molar-refractivity contribution >= 4 is 16.8 Å². The van der Waals surface area contributed by atoms with Crippen LogP contribution in [0.15, 0.2) is 42.0 Å². The summed E-state index contributed by atoms with van der Waals surface area (Å²) in [7, 11) is 2.03. The van der Waals surface area contributed by atoms with Gasteiger partial charge in [0.1, 0.15) is 5.69 Å². The minimum atomic E-state index is 0.221. The number of carbonyl (C=O) groups is 1. The molecule has 2 aromatic rings. The van der Waals surface area contributed by atoms with Gasteiger partial charge in [-0.25, -0.2) is 0 Å². The Bertz CT molecular complexity index is 989. The standard InChI is InChI=1S/C25H31N3O/c1-26-21-9-3-2-7-17(21)15-23(26)25(29)28-12-6-8-18-13-19-14-20(24(18)28)16-27-11-5-4-10-22(19)27/h2-3,7,9,13,15,19-20,22,24H,4-6,8,10-12,14,16H2,1H3/t19-,20+,22+,24+/m0/s1. The smallest absolute Gasteiger partial charge is 0.271 e. The van der Waals surface area contributed by atoms with Crippen LogP contribution >= 0.6 is 0 Å². The van der Waals surface area contributed by atoms with Gasteiger partial charge in [0, 0.05) is 37.1 Å². The van der Waals surface area contributed by atoms with E-state index in [1.165, 1.54) is 45.2 Å². The first-order valence-corrected chi connectivity index (χ1v) is 11.5. The number of benzene rings is 1. The summed E-state index contributed by atoms with van der Waals surface area (Å²) in [6.45, 7) is 3.33. The number of likely N-dealkylation sites (tertiary alicyclic amines) is 1. The highest BCUT2D eigenvalue weighted by molar-refractivity contribution is 5.99. The van der Waals surface area contributed by atoms with Gasteiger partial charge in [-0.1, -0.05) is 36.3 Å². The highest BCUT2D eigenvalue weighted by atomic mass is 16.2. The fourth-order valence-corrected chi connectivity index (χ4v) is 6.84. The van der Waals surface area contributed by atoms with Crippen molar-refractivity contribution in [1.29, 1.82) is 0 Å². The van der Waals surface area contributed by atoms with Gasteiger partial charge in [-0.05, 0) is 62.6 Å². The molecule has 4 atom stereocenters. The Balaban J connectivity index is 1.36. The van der Waals surface area contributed by atoms with Gasteiger partial charge >= 0.3 is 0 Å². The zero-order valence-electron chi connectivity index (χ0n) is 17.4.